The Kier molecular flexibility index (Phi) is 9.88. The van der Waals surface area contributed by atoms with Crippen molar-refractivity contribution in [3.05, 3.63) is 28.7 Å². The fourth-order valence-corrected chi connectivity index (χ4v) is 2.62. The van der Waals surface area contributed by atoms with Crippen LogP contribution in [-0.2, 0) is 14.3 Å². The molecule has 26 heavy (non-hydrogen) atoms. The summed E-state index contributed by atoms with van der Waals surface area (Å²) in [7, 11) is 0. The molecule has 0 aliphatic carbocycles. The van der Waals surface area contributed by atoms with E-state index in [0.29, 0.717) is 26.3 Å². The minimum atomic E-state index is -0.458. The third-order valence-corrected chi connectivity index (χ3v) is 4.32. The molecular weight excluding hydrogens is 396 g/mol. The molecule has 0 saturated carbocycles. The van der Waals surface area contributed by atoms with Gasteiger partial charge in [0.25, 0.3) is 0 Å². The number of nitrogens with zero attached hydrogens (tertiary/aromatic N) is 1. The maximum atomic E-state index is 12.7. The van der Waals surface area contributed by atoms with E-state index in [1.807, 2.05) is 45.0 Å². The van der Waals surface area contributed by atoms with E-state index in [1.165, 1.54) is 0 Å². The average molecular weight is 427 g/mol. The van der Waals surface area contributed by atoms with Gasteiger partial charge in [0, 0.05) is 41.7 Å². The summed E-state index contributed by atoms with van der Waals surface area (Å²) in [5.74, 6) is -0.0846. The van der Waals surface area contributed by atoms with Gasteiger partial charge in [-0.3, -0.25) is 9.59 Å². The maximum Gasteiger partial charge on any atom is 0.228 e. The van der Waals surface area contributed by atoms with Crippen molar-refractivity contribution in [2.75, 3.05) is 31.2 Å². The maximum absolute atomic E-state index is 12.7. The van der Waals surface area contributed by atoms with Gasteiger partial charge in [0.1, 0.15) is 0 Å². The molecule has 5 nitrogen and oxygen atoms in total. The summed E-state index contributed by atoms with van der Waals surface area (Å²) in [6.45, 7) is 9.70. The first kappa shape index (κ1) is 22.6. The number of hydrogen-bond acceptors (Lipinski definition) is 3. The second-order valence-electron chi connectivity index (χ2n) is 7.25. The lowest BCUT2D eigenvalue weighted by Crippen LogP contribution is -2.39. The molecular formula is C20H31BrN2O3. The number of hydrogen-bond donors (Lipinski definition) is 1. The molecule has 0 spiro atoms. The number of halogens is 1. The number of amides is 2. The van der Waals surface area contributed by atoms with Crippen molar-refractivity contribution < 1.29 is 14.3 Å². The van der Waals surface area contributed by atoms with E-state index < -0.39 is 5.41 Å². The predicted octanol–water partition coefficient (Wildman–Crippen LogP) is 4.15. The Labute approximate surface area is 165 Å². The lowest BCUT2D eigenvalue weighted by atomic mass is 9.96. The Balaban J connectivity index is 2.65. The highest BCUT2D eigenvalue weighted by Crippen LogP contribution is 2.20. The molecule has 2 amide bonds. The molecule has 0 heterocycles. The lowest BCUT2D eigenvalue weighted by molar-refractivity contribution is -0.128. The number of benzene rings is 1. The van der Waals surface area contributed by atoms with Gasteiger partial charge in [0.2, 0.25) is 11.8 Å². The fraction of sp³-hybridized carbons (Fsp3) is 0.600. The van der Waals surface area contributed by atoms with Crippen molar-refractivity contribution >= 4 is 33.4 Å². The molecule has 1 aromatic carbocycles. The number of anilines is 1. The van der Waals surface area contributed by atoms with Crippen molar-refractivity contribution in [2.45, 2.75) is 47.0 Å². The molecule has 146 valence electrons. The molecule has 0 unspecified atom stereocenters. The van der Waals surface area contributed by atoms with Crippen LogP contribution in [0.2, 0.25) is 0 Å². The third kappa shape index (κ3) is 8.32. The number of rotatable bonds is 10. The van der Waals surface area contributed by atoms with Gasteiger partial charge >= 0.3 is 0 Å². The van der Waals surface area contributed by atoms with E-state index >= 15 is 0 Å². The number of carbonyl (C=O) groups excluding carboxylic acids is 2. The summed E-state index contributed by atoms with van der Waals surface area (Å²) in [5, 5.41) is 2.83. The van der Waals surface area contributed by atoms with Crippen LogP contribution in [0, 0.1) is 5.41 Å². The van der Waals surface area contributed by atoms with E-state index in [9.17, 15) is 9.59 Å². The third-order valence-electron chi connectivity index (χ3n) is 3.83. The molecule has 1 rings (SSSR count). The standard InChI is InChI=1S/C20H31BrN2O3/c1-5-6-13-26-14-12-23(17-9-7-8-16(21)15-17)18(24)10-11-22-19(25)20(2,3)4/h7-9,15H,5-6,10-14H2,1-4H3,(H,22,25). The SMILES string of the molecule is CCCCOCCN(C(=O)CCNC(=O)C(C)(C)C)c1cccc(Br)c1. The van der Waals surface area contributed by atoms with E-state index in [4.69, 9.17) is 4.74 Å². The monoisotopic (exact) mass is 426 g/mol. The molecule has 1 N–H and O–H groups in total. The smallest absolute Gasteiger partial charge is 0.228 e. The number of unbranched alkanes of at least 4 members (excludes halogenated alkanes) is 1. The minimum Gasteiger partial charge on any atom is -0.380 e. The highest BCUT2D eigenvalue weighted by Gasteiger charge is 2.21. The molecule has 0 atom stereocenters. The van der Waals surface area contributed by atoms with Crippen LogP contribution >= 0.6 is 15.9 Å². The Morgan fingerprint density at radius 1 is 1.23 bits per heavy atom. The zero-order valence-corrected chi connectivity index (χ0v) is 17.9. The van der Waals surface area contributed by atoms with Gasteiger partial charge in [-0.05, 0) is 24.6 Å². The molecule has 0 aliphatic rings. The van der Waals surface area contributed by atoms with E-state index in [2.05, 4.69) is 28.2 Å². The van der Waals surface area contributed by atoms with Gasteiger partial charge in [-0.25, -0.2) is 0 Å². The Bertz CT molecular complexity index is 585. The molecule has 1 aromatic rings. The summed E-state index contributed by atoms with van der Waals surface area (Å²) in [4.78, 5) is 26.4. The molecule has 0 aromatic heterocycles. The molecule has 0 radical (unpaired) electrons. The van der Waals surface area contributed by atoms with Gasteiger partial charge < -0.3 is 15.0 Å². The van der Waals surface area contributed by atoms with Gasteiger partial charge in [-0.1, -0.05) is 56.1 Å². The summed E-state index contributed by atoms with van der Waals surface area (Å²) < 4.78 is 6.54. The van der Waals surface area contributed by atoms with Crippen LogP contribution in [0.25, 0.3) is 0 Å². The van der Waals surface area contributed by atoms with Crippen molar-refractivity contribution in [1.29, 1.82) is 0 Å². The van der Waals surface area contributed by atoms with Crippen LogP contribution in [-0.4, -0.2) is 38.1 Å². The van der Waals surface area contributed by atoms with Crippen LogP contribution in [0.15, 0.2) is 28.7 Å². The summed E-state index contributed by atoms with van der Waals surface area (Å²) in [6.07, 6.45) is 2.36. The Morgan fingerprint density at radius 2 is 1.96 bits per heavy atom. The van der Waals surface area contributed by atoms with Crippen molar-refractivity contribution in [3.8, 4) is 0 Å². The van der Waals surface area contributed by atoms with Gasteiger partial charge in [-0.2, -0.15) is 0 Å². The van der Waals surface area contributed by atoms with Crippen LogP contribution < -0.4 is 10.2 Å². The molecule has 0 fully saturated rings. The first-order valence-corrected chi connectivity index (χ1v) is 9.97. The first-order chi connectivity index (χ1) is 12.3. The second-order valence-corrected chi connectivity index (χ2v) is 8.16. The summed E-state index contributed by atoms with van der Waals surface area (Å²) >= 11 is 3.45. The summed E-state index contributed by atoms with van der Waals surface area (Å²) in [5.41, 5.74) is 0.366. The van der Waals surface area contributed by atoms with Crippen LogP contribution in [0.3, 0.4) is 0 Å². The zero-order valence-electron chi connectivity index (χ0n) is 16.3. The van der Waals surface area contributed by atoms with E-state index in [0.717, 1.165) is 23.0 Å². The number of ether oxygens (including phenoxy) is 1. The van der Waals surface area contributed by atoms with Crippen LogP contribution in [0.1, 0.15) is 47.0 Å². The number of nitrogens with one attached hydrogen (secondary N) is 1. The first-order valence-electron chi connectivity index (χ1n) is 9.17. The number of carbonyl (C=O) groups is 2. The molecule has 0 aliphatic heterocycles. The van der Waals surface area contributed by atoms with Crippen molar-refractivity contribution in [2.24, 2.45) is 5.41 Å². The summed E-state index contributed by atoms with van der Waals surface area (Å²) in [6, 6.07) is 7.65. The van der Waals surface area contributed by atoms with E-state index in [-0.39, 0.29) is 18.2 Å². The fourth-order valence-electron chi connectivity index (χ4n) is 2.23. The van der Waals surface area contributed by atoms with Gasteiger partial charge in [-0.15, -0.1) is 0 Å². The highest BCUT2D eigenvalue weighted by atomic mass is 79.9. The Morgan fingerprint density at radius 3 is 2.58 bits per heavy atom. The highest BCUT2D eigenvalue weighted by molar-refractivity contribution is 9.10. The van der Waals surface area contributed by atoms with Gasteiger partial charge in [0.15, 0.2) is 0 Å². The zero-order chi connectivity index (χ0) is 19.6. The van der Waals surface area contributed by atoms with Crippen LogP contribution in [0.4, 0.5) is 5.69 Å². The quantitative estimate of drug-likeness (QED) is 0.571. The lowest BCUT2D eigenvalue weighted by Gasteiger charge is -2.24. The van der Waals surface area contributed by atoms with Crippen molar-refractivity contribution in [3.63, 3.8) is 0 Å². The molecule has 0 bridgehead atoms. The molecule has 6 heteroatoms. The minimum absolute atomic E-state index is 0.0311. The topological polar surface area (TPSA) is 58.6 Å². The second kappa shape index (κ2) is 11.3. The largest absolute Gasteiger partial charge is 0.380 e. The van der Waals surface area contributed by atoms with E-state index in [1.54, 1.807) is 4.90 Å². The average Bonchev–Trinajstić information content (AvgIpc) is 2.57. The van der Waals surface area contributed by atoms with Crippen LogP contribution in [0.5, 0.6) is 0 Å². The normalized spacial score (nSPS) is 11.3. The van der Waals surface area contributed by atoms with Crippen molar-refractivity contribution in [1.82, 2.24) is 5.32 Å². The Hall–Kier alpha value is -1.40. The van der Waals surface area contributed by atoms with Gasteiger partial charge in [0.05, 0.1) is 6.61 Å². The predicted molar refractivity (Wildman–Crippen MR) is 109 cm³/mol. The molecule has 0 saturated heterocycles.